The SMILES string of the molecule is O=C(NC1CCOCC1)c1cnc2ccc(N3C[C@@H](F)C[C@@H]3c3cccc(F)c3)nn12. The number of rotatable bonds is 4. The number of aromatic nitrogens is 3. The van der Waals surface area contributed by atoms with E-state index < -0.39 is 6.17 Å². The van der Waals surface area contributed by atoms with Crippen molar-refractivity contribution in [3.63, 3.8) is 0 Å². The Bertz CT molecular complexity index is 1100. The maximum absolute atomic E-state index is 14.4. The molecule has 31 heavy (non-hydrogen) atoms. The molecule has 0 aliphatic carbocycles. The summed E-state index contributed by atoms with van der Waals surface area (Å²) in [6.45, 7) is 1.40. The van der Waals surface area contributed by atoms with Gasteiger partial charge in [0.2, 0.25) is 0 Å². The van der Waals surface area contributed by atoms with Crippen LogP contribution in [0, 0.1) is 5.82 Å². The van der Waals surface area contributed by atoms with E-state index in [1.54, 1.807) is 24.3 Å². The molecule has 7 nitrogen and oxygen atoms in total. The van der Waals surface area contributed by atoms with Crippen LogP contribution in [0.5, 0.6) is 0 Å². The number of carbonyl (C=O) groups is 1. The average Bonchev–Trinajstić information content (AvgIpc) is 3.37. The molecule has 3 aromatic rings. The molecule has 2 aromatic heterocycles. The number of alkyl halides is 1. The monoisotopic (exact) mass is 427 g/mol. The fraction of sp³-hybridized carbons (Fsp3) is 0.409. The molecule has 0 saturated carbocycles. The Balaban J connectivity index is 1.44. The highest BCUT2D eigenvalue weighted by molar-refractivity contribution is 5.93. The third-order valence-corrected chi connectivity index (χ3v) is 5.92. The van der Waals surface area contributed by atoms with Crippen molar-refractivity contribution in [2.75, 3.05) is 24.7 Å². The van der Waals surface area contributed by atoms with Crippen LogP contribution in [0.2, 0.25) is 0 Å². The van der Waals surface area contributed by atoms with Crippen molar-refractivity contribution in [3.05, 3.63) is 59.7 Å². The first-order chi connectivity index (χ1) is 15.1. The molecular formula is C22H23F2N5O2. The fourth-order valence-electron chi connectivity index (χ4n) is 4.34. The molecule has 2 aliphatic rings. The predicted octanol–water partition coefficient (Wildman–Crippen LogP) is 3.07. The molecule has 0 radical (unpaired) electrons. The Labute approximate surface area is 178 Å². The van der Waals surface area contributed by atoms with Gasteiger partial charge in [-0.3, -0.25) is 4.79 Å². The second kappa shape index (κ2) is 8.22. The van der Waals surface area contributed by atoms with Gasteiger partial charge in [-0.2, -0.15) is 0 Å². The van der Waals surface area contributed by atoms with Gasteiger partial charge < -0.3 is 15.0 Å². The normalized spacial score (nSPS) is 22.2. The largest absolute Gasteiger partial charge is 0.381 e. The van der Waals surface area contributed by atoms with Gasteiger partial charge in [-0.05, 0) is 42.7 Å². The van der Waals surface area contributed by atoms with Crippen LogP contribution in [0.1, 0.15) is 41.4 Å². The molecule has 2 saturated heterocycles. The number of nitrogens with zero attached hydrogens (tertiary/aromatic N) is 4. The van der Waals surface area contributed by atoms with Crippen LogP contribution in [0.4, 0.5) is 14.6 Å². The van der Waals surface area contributed by atoms with Gasteiger partial charge in [0.05, 0.1) is 18.8 Å². The number of fused-ring (bicyclic) bond motifs is 1. The number of halogens is 2. The van der Waals surface area contributed by atoms with E-state index in [1.807, 2.05) is 4.90 Å². The zero-order valence-electron chi connectivity index (χ0n) is 16.9. The third kappa shape index (κ3) is 3.97. The van der Waals surface area contributed by atoms with Crippen molar-refractivity contribution in [1.29, 1.82) is 0 Å². The molecule has 162 valence electrons. The summed E-state index contributed by atoms with van der Waals surface area (Å²) in [5.41, 5.74) is 1.55. The Morgan fingerprint density at radius 2 is 2.03 bits per heavy atom. The molecule has 2 atom stereocenters. The lowest BCUT2D eigenvalue weighted by Gasteiger charge is -2.26. The number of nitrogens with one attached hydrogen (secondary N) is 1. The summed E-state index contributed by atoms with van der Waals surface area (Å²) < 4.78 is 34.9. The maximum Gasteiger partial charge on any atom is 0.271 e. The van der Waals surface area contributed by atoms with Crippen LogP contribution in [0.25, 0.3) is 5.65 Å². The van der Waals surface area contributed by atoms with Crippen LogP contribution in [-0.2, 0) is 4.74 Å². The van der Waals surface area contributed by atoms with Gasteiger partial charge in [-0.25, -0.2) is 18.3 Å². The second-order valence-corrected chi connectivity index (χ2v) is 8.02. The minimum absolute atomic E-state index is 0.0539. The number of carbonyl (C=O) groups excluding carboxylic acids is 1. The van der Waals surface area contributed by atoms with E-state index in [9.17, 15) is 13.6 Å². The summed E-state index contributed by atoms with van der Waals surface area (Å²) in [6.07, 6.45) is 2.23. The minimum Gasteiger partial charge on any atom is -0.381 e. The molecule has 0 spiro atoms. The fourth-order valence-corrected chi connectivity index (χ4v) is 4.34. The van der Waals surface area contributed by atoms with Gasteiger partial charge in [0.1, 0.15) is 17.8 Å². The second-order valence-electron chi connectivity index (χ2n) is 8.02. The highest BCUT2D eigenvalue weighted by Gasteiger charge is 2.34. The van der Waals surface area contributed by atoms with Crippen molar-refractivity contribution < 1.29 is 18.3 Å². The van der Waals surface area contributed by atoms with E-state index in [0.717, 1.165) is 12.8 Å². The number of anilines is 1. The lowest BCUT2D eigenvalue weighted by molar-refractivity contribution is 0.0693. The van der Waals surface area contributed by atoms with Crippen molar-refractivity contribution in [3.8, 4) is 0 Å². The lowest BCUT2D eigenvalue weighted by Crippen LogP contribution is -2.39. The van der Waals surface area contributed by atoms with E-state index in [2.05, 4.69) is 15.4 Å². The van der Waals surface area contributed by atoms with E-state index in [4.69, 9.17) is 4.74 Å². The standard InChI is InChI=1S/C22H23F2N5O2/c23-15-3-1-2-14(10-15)18-11-16(24)13-28(18)21-5-4-20-25-12-19(29(20)27-21)22(30)26-17-6-8-31-9-7-17/h1-5,10,12,16-18H,6-9,11,13H2,(H,26,30)/t16-,18+/m0/s1. The molecule has 2 fully saturated rings. The zero-order valence-corrected chi connectivity index (χ0v) is 16.9. The maximum atomic E-state index is 14.4. The Kier molecular flexibility index (Phi) is 5.27. The van der Waals surface area contributed by atoms with Crippen molar-refractivity contribution in [2.45, 2.75) is 37.5 Å². The van der Waals surface area contributed by atoms with Crippen molar-refractivity contribution in [2.24, 2.45) is 0 Å². The smallest absolute Gasteiger partial charge is 0.271 e. The molecule has 1 aromatic carbocycles. The number of benzene rings is 1. The van der Waals surface area contributed by atoms with Gasteiger partial charge in [0, 0.05) is 25.7 Å². The molecule has 1 amide bonds. The van der Waals surface area contributed by atoms with Crippen molar-refractivity contribution >= 4 is 17.4 Å². The van der Waals surface area contributed by atoms with Crippen LogP contribution < -0.4 is 10.2 Å². The average molecular weight is 427 g/mol. The number of ether oxygens (including phenoxy) is 1. The van der Waals surface area contributed by atoms with Crippen LogP contribution >= 0.6 is 0 Å². The summed E-state index contributed by atoms with van der Waals surface area (Å²) in [7, 11) is 0. The third-order valence-electron chi connectivity index (χ3n) is 5.92. The molecule has 2 aliphatic heterocycles. The van der Waals surface area contributed by atoms with E-state index in [0.29, 0.717) is 35.9 Å². The molecule has 0 unspecified atom stereocenters. The molecule has 5 rings (SSSR count). The van der Waals surface area contributed by atoms with Crippen LogP contribution in [0.3, 0.4) is 0 Å². The summed E-state index contributed by atoms with van der Waals surface area (Å²) >= 11 is 0. The summed E-state index contributed by atoms with van der Waals surface area (Å²) in [5.74, 6) is -0.0969. The van der Waals surface area contributed by atoms with Crippen LogP contribution in [0.15, 0.2) is 42.6 Å². The van der Waals surface area contributed by atoms with Gasteiger partial charge in [0.25, 0.3) is 5.91 Å². The van der Waals surface area contributed by atoms with Gasteiger partial charge in [0.15, 0.2) is 11.3 Å². The molecule has 1 N–H and O–H groups in total. The Morgan fingerprint density at radius 3 is 2.84 bits per heavy atom. The number of amides is 1. The molecular weight excluding hydrogens is 404 g/mol. The van der Waals surface area contributed by atoms with Crippen molar-refractivity contribution in [1.82, 2.24) is 19.9 Å². The quantitative estimate of drug-likeness (QED) is 0.693. The summed E-state index contributed by atoms with van der Waals surface area (Å²) in [5, 5.41) is 7.61. The first-order valence-electron chi connectivity index (χ1n) is 10.5. The summed E-state index contributed by atoms with van der Waals surface area (Å²) in [6, 6.07) is 9.44. The van der Waals surface area contributed by atoms with Gasteiger partial charge in [-0.15, -0.1) is 5.10 Å². The minimum atomic E-state index is -1.05. The molecule has 4 heterocycles. The van der Waals surface area contributed by atoms with E-state index in [-0.39, 0.29) is 36.8 Å². The highest BCUT2D eigenvalue weighted by Crippen LogP contribution is 2.36. The Hall–Kier alpha value is -3.07. The topological polar surface area (TPSA) is 71.8 Å². The van der Waals surface area contributed by atoms with Gasteiger partial charge in [-0.1, -0.05) is 12.1 Å². The number of hydrogen-bond donors (Lipinski definition) is 1. The van der Waals surface area contributed by atoms with E-state index in [1.165, 1.54) is 22.8 Å². The first kappa shape index (κ1) is 19.9. The van der Waals surface area contributed by atoms with Gasteiger partial charge >= 0.3 is 0 Å². The van der Waals surface area contributed by atoms with Crippen LogP contribution in [-0.4, -0.2) is 52.5 Å². The predicted molar refractivity (Wildman–Crippen MR) is 110 cm³/mol. The number of imidazole rings is 1. The highest BCUT2D eigenvalue weighted by atomic mass is 19.1. The zero-order chi connectivity index (χ0) is 21.4. The molecule has 9 heteroatoms. The molecule has 0 bridgehead atoms. The number of hydrogen-bond acceptors (Lipinski definition) is 5. The summed E-state index contributed by atoms with van der Waals surface area (Å²) in [4.78, 5) is 18.9. The lowest BCUT2D eigenvalue weighted by atomic mass is 10.0. The van der Waals surface area contributed by atoms with E-state index >= 15 is 0 Å². The Morgan fingerprint density at radius 1 is 1.19 bits per heavy atom. The first-order valence-corrected chi connectivity index (χ1v) is 10.5.